The maximum Gasteiger partial charge on any atom is 0.191 e. The van der Waals surface area contributed by atoms with Crippen molar-refractivity contribution in [2.75, 3.05) is 19.7 Å². The van der Waals surface area contributed by atoms with E-state index >= 15 is 0 Å². The molecule has 148 valence electrons. The maximum absolute atomic E-state index is 5.95. The molecule has 0 amide bonds. The first-order valence-corrected chi connectivity index (χ1v) is 9.69. The smallest absolute Gasteiger partial charge is 0.191 e. The Morgan fingerprint density at radius 1 is 1.35 bits per heavy atom. The molecule has 0 aliphatic heterocycles. The number of ether oxygens (including phenoxy) is 1. The summed E-state index contributed by atoms with van der Waals surface area (Å²) in [6.45, 7) is 10.6. The molecule has 1 aromatic heterocycles. The van der Waals surface area contributed by atoms with E-state index in [0.717, 1.165) is 50.0 Å². The standard InChI is InChI=1S/C19H32N4O2.HI/c1-5-20-18(21-11-8-15-13(3)23-25-14(15)4)22-16-12-17(24-6-2)19(16)9-7-10-19;/h16-17H,5-12H2,1-4H3,(H2,20,21,22);1H. The van der Waals surface area contributed by atoms with Crippen LogP contribution in [0.25, 0.3) is 0 Å². The van der Waals surface area contributed by atoms with Crippen LogP contribution in [0.5, 0.6) is 0 Å². The van der Waals surface area contributed by atoms with Crippen LogP contribution in [0.4, 0.5) is 0 Å². The van der Waals surface area contributed by atoms with Crippen molar-refractivity contribution in [3.05, 3.63) is 17.0 Å². The molecule has 0 aromatic carbocycles. The van der Waals surface area contributed by atoms with Crippen LogP contribution in [0, 0.1) is 19.3 Å². The van der Waals surface area contributed by atoms with Crippen LogP contribution in [0.2, 0.25) is 0 Å². The van der Waals surface area contributed by atoms with E-state index in [4.69, 9.17) is 14.3 Å². The Labute approximate surface area is 173 Å². The normalized spacial score (nSPS) is 23.8. The minimum absolute atomic E-state index is 0. The number of nitrogens with zero attached hydrogens (tertiary/aromatic N) is 2. The van der Waals surface area contributed by atoms with E-state index in [0.29, 0.717) is 17.6 Å². The fraction of sp³-hybridized carbons (Fsp3) is 0.789. The molecule has 2 unspecified atom stereocenters. The van der Waals surface area contributed by atoms with Crippen molar-refractivity contribution in [1.82, 2.24) is 15.8 Å². The van der Waals surface area contributed by atoms with Gasteiger partial charge in [-0.2, -0.15) is 0 Å². The van der Waals surface area contributed by atoms with E-state index in [-0.39, 0.29) is 24.0 Å². The number of aliphatic imine (C=N–C) groups is 1. The van der Waals surface area contributed by atoms with E-state index in [2.05, 4.69) is 29.6 Å². The van der Waals surface area contributed by atoms with Crippen molar-refractivity contribution < 1.29 is 9.26 Å². The summed E-state index contributed by atoms with van der Waals surface area (Å²) in [4.78, 5) is 4.77. The molecule has 2 aliphatic rings. The first kappa shape index (κ1) is 21.5. The van der Waals surface area contributed by atoms with Gasteiger partial charge in [-0.15, -0.1) is 24.0 Å². The van der Waals surface area contributed by atoms with Gasteiger partial charge in [-0.05, 0) is 53.4 Å². The summed E-state index contributed by atoms with van der Waals surface area (Å²) in [5, 5.41) is 11.1. The molecule has 2 aliphatic carbocycles. The SMILES string of the molecule is CCNC(=NCCc1c(C)noc1C)NC1CC(OCC)C12CCC2.I. The lowest BCUT2D eigenvalue weighted by molar-refractivity contribution is -0.168. The Kier molecular flexibility index (Phi) is 7.76. The number of guanidine groups is 1. The third-order valence-electron chi connectivity index (χ3n) is 5.91. The van der Waals surface area contributed by atoms with Gasteiger partial charge in [-0.25, -0.2) is 0 Å². The van der Waals surface area contributed by atoms with Crippen molar-refractivity contribution in [3.63, 3.8) is 0 Å². The van der Waals surface area contributed by atoms with Crippen molar-refractivity contribution in [1.29, 1.82) is 0 Å². The summed E-state index contributed by atoms with van der Waals surface area (Å²) in [6.07, 6.45) is 6.23. The summed E-state index contributed by atoms with van der Waals surface area (Å²) in [7, 11) is 0. The first-order valence-electron chi connectivity index (χ1n) is 9.69. The summed E-state index contributed by atoms with van der Waals surface area (Å²) in [5.74, 6) is 1.82. The number of aromatic nitrogens is 1. The van der Waals surface area contributed by atoms with E-state index in [9.17, 15) is 0 Å². The Hall–Kier alpha value is -0.830. The van der Waals surface area contributed by atoms with E-state index < -0.39 is 0 Å². The van der Waals surface area contributed by atoms with Crippen LogP contribution in [-0.4, -0.2) is 43.0 Å². The zero-order valence-electron chi connectivity index (χ0n) is 16.4. The molecule has 7 heteroatoms. The third kappa shape index (κ3) is 4.18. The molecule has 2 N–H and O–H groups in total. The van der Waals surface area contributed by atoms with Gasteiger partial charge in [0.25, 0.3) is 0 Å². The number of hydrogen-bond acceptors (Lipinski definition) is 4. The first-order chi connectivity index (χ1) is 12.1. The largest absolute Gasteiger partial charge is 0.378 e. The predicted octanol–water partition coefficient (Wildman–Crippen LogP) is 3.35. The second kappa shape index (κ2) is 9.39. The van der Waals surface area contributed by atoms with E-state index in [1.165, 1.54) is 24.8 Å². The van der Waals surface area contributed by atoms with Gasteiger partial charge < -0.3 is 19.9 Å². The highest BCUT2D eigenvalue weighted by molar-refractivity contribution is 14.0. The monoisotopic (exact) mass is 476 g/mol. The van der Waals surface area contributed by atoms with Crippen LogP contribution >= 0.6 is 24.0 Å². The van der Waals surface area contributed by atoms with Crippen LogP contribution in [0.3, 0.4) is 0 Å². The van der Waals surface area contributed by atoms with Gasteiger partial charge in [0.1, 0.15) is 5.76 Å². The number of hydrogen-bond donors (Lipinski definition) is 2. The van der Waals surface area contributed by atoms with Crippen LogP contribution in [-0.2, 0) is 11.2 Å². The van der Waals surface area contributed by atoms with Crippen LogP contribution < -0.4 is 10.6 Å². The van der Waals surface area contributed by atoms with E-state index in [1.54, 1.807) is 0 Å². The molecule has 2 saturated carbocycles. The Balaban J connectivity index is 0.00000243. The molecule has 26 heavy (non-hydrogen) atoms. The molecule has 2 fully saturated rings. The number of nitrogens with one attached hydrogen (secondary N) is 2. The summed E-state index contributed by atoms with van der Waals surface area (Å²) >= 11 is 0. The number of rotatable bonds is 7. The van der Waals surface area contributed by atoms with Crippen molar-refractivity contribution in [2.45, 2.75) is 71.9 Å². The van der Waals surface area contributed by atoms with Gasteiger partial charge in [0.15, 0.2) is 5.96 Å². The minimum Gasteiger partial charge on any atom is -0.378 e. The highest BCUT2D eigenvalue weighted by Gasteiger charge is 2.59. The lowest BCUT2D eigenvalue weighted by atomic mass is 9.51. The minimum atomic E-state index is 0. The zero-order chi connectivity index (χ0) is 17.9. The second-order valence-electron chi connectivity index (χ2n) is 7.28. The number of halogens is 1. The van der Waals surface area contributed by atoms with E-state index in [1.807, 2.05) is 13.8 Å². The molecular weight excluding hydrogens is 443 g/mol. The van der Waals surface area contributed by atoms with Gasteiger partial charge in [0.05, 0.1) is 11.8 Å². The summed E-state index contributed by atoms with van der Waals surface area (Å²) < 4.78 is 11.2. The van der Waals surface area contributed by atoms with Gasteiger partial charge in [-0.3, -0.25) is 4.99 Å². The van der Waals surface area contributed by atoms with Gasteiger partial charge in [-0.1, -0.05) is 11.6 Å². The zero-order valence-corrected chi connectivity index (χ0v) is 18.8. The predicted molar refractivity (Wildman–Crippen MR) is 114 cm³/mol. The highest BCUT2D eigenvalue weighted by atomic mass is 127. The lowest BCUT2D eigenvalue weighted by Gasteiger charge is -2.61. The quantitative estimate of drug-likeness (QED) is 0.359. The van der Waals surface area contributed by atoms with Crippen molar-refractivity contribution >= 4 is 29.9 Å². The summed E-state index contributed by atoms with van der Waals surface area (Å²) in [5.41, 5.74) is 2.49. The number of aryl methyl sites for hydroxylation is 2. The van der Waals surface area contributed by atoms with Crippen LogP contribution in [0.1, 0.15) is 56.5 Å². The third-order valence-corrected chi connectivity index (χ3v) is 5.91. The molecule has 0 saturated heterocycles. The van der Waals surface area contributed by atoms with Crippen molar-refractivity contribution in [2.24, 2.45) is 10.4 Å². The van der Waals surface area contributed by atoms with Gasteiger partial charge in [0.2, 0.25) is 0 Å². The Morgan fingerprint density at radius 3 is 2.65 bits per heavy atom. The molecule has 1 aromatic rings. The average molecular weight is 476 g/mol. The fourth-order valence-electron chi connectivity index (χ4n) is 4.26. The summed E-state index contributed by atoms with van der Waals surface area (Å²) in [6, 6.07) is 0.481. The maximum atomic E-state index is 5.95. The average Bonchev–Trinajstić information content (AvgIpc) is 2.84. The highest BCUT2D eigenvalue weighted by Crippen LogP contribution is 2.57. The molecule has 6 nitrogen and oxygen atoms in total. The molecule has 0 bridgehead atoms. The lowest BCUT2D eigenvalue weighted by Crippen LogP contribution is -2.68. The molecule has 0 radical (unpaired) electrons. The molecule has 2 atom stereocenters. The van der Waals surface area contributed by atoms with Crippen LogP contribution in [0.15, 0.2) is 9.52 Å². The topological polar surface area (TPSA) is 71.7 Å². The molecular formula is C19H33IN4O2. The van der Waals surface area contributed by atoms with Gasteiger partial charge in [0, 0.05) is 36.7 Å². The van der Waals surface area contributed by atoms with Crippen molar-refractivity contribution in [3.8, 4) is 0 Å². The molecule has 1 heterocycles. The molecule has 1 spiro atoms. The Morgan fingerprint density at radius 2 is 2.12 bits per heavy atom. The fourth-order valence-corrected chi connectivity index (χ4v) is 4.26. The van der Waals surface area contributed by atoms with Gasteiger partial charge >= 0.3 is 0 Å². The second-order valence-corrected chi connectivity index (χ2v) is 7.28. The molecule has 3 rings (SSSR count). The Bertz CT molecular complexity index is 593.